The number of fused-ring (bicyclic) bond motifs is 1. The fourth-order valence-corrected chi connectivity index (χ4v) is 5.82. The highest BCUT2D eigenvalue weighted by Crippen LogP contribution is 2.29. The first kappa shape index (κ1) is 30.1. The van der Waals surface area contributed by atoms with Gasteiger partial charge in [-0.1, -0.05) is 18.2 Å². The maximum absolute atomic E-state index is 12.8. The molecule has 224 valence electrons. The lowest BCUT2D eigenvalue weighted by Gasteiger charge is -2.35. The maximum atomic E-state index is 12.8. The van der Waals surface area contributed by atoms with Crippen molar-refractivity contribution in [1.82, 2.24) is 9.62 Å². The predicted octanol–water partition coefficient (Wildman–Crippen LogP) is 1.11. The van der Waals surface area contributed by atoms with Crippen molar-refractivity contribution in [2.24, 2.45) is 0 Å². The first-order valence-electron chi connectivity index (χ1n) is 13.7. The molecule has 2 fully saturated rings. The van der Waals surface area contributed by atoms with Gasteiger partial charge in [-0.2, -0.15) is 5.26 Å². The molecule has 3 heterocycles. The van der Waals surface area contributed by atoms with Crippen LogP contribution < -0.4 is 10.0 Å². The zero-order valence-electron chi connectivity index (χ0n) is 22.8. The highest BCUT2D eigenvalue weighted by Gasteiger charge is 2.38. The molecule has 42 heavy (non-hydrogen) atoms. The van der Waals surface area contributed by atoms with E-state index in [1.807, 2.05) is 30.3 Å². The fourth-order valence-electron chi connectivity index (χ4n) is 4.89. The largest absolute Gasteiger partial charge is 0.457 e. The minimum Gasteiger partial charge on any atom is -0.457 e. The van der Waals surface area contributed by atoms with Crippen molar-refractivity contribution in [2.45, 2.75) is 24.4 Å². The monoisotopic (exact) mass is 598 g/mol. The van der Waals surface area contributed by atoms with E-state index in [0.717, 1.165) is 67.5 Å². The van der Waals surface area contributed by atoms with Crippen LogP contribution >= 0.6 is 0 Å². The number of ether oxygens (including phenoxy) is 2. The zero-order chi connectivity index (χ0) is 29.7. The second-order valence-corrected chi connectivity index (χ2v) is 12.0. The smallest absolute Gasteiger partial charge is 0.250 e. The maximum Gasteiger partial charge on any atom is 0.250 e. The molecular weight excluding hydrogens is 564 g/mol. The number of hydrogen-bond donors (Lipinski definition) is 5. The number of hydrogen-bond acceptors (Lipinski definition) is 11. The molecule has 2 aliphatic heterocycles. The van der Waals surface area contributed by atoms with Crippen molar-refractivity contribution in [3.63, 3.8) is 0 Å². The van der Waals surface area contributed by atoms with E-state index < -0.39 is 45.9 Å². The Morgan fingerprint density at radius 3 is 2.60 bits per heavy atom. The van der Waals surface area contributed by atoms with Crippen molar-refractivity contribution in [3.8, 4) is 17.4 Å². The molecule has 13 heteroatoms. The average molecular weight is 599 g/mol. The van der Waals surface area contributed by atoms with Gasteiger partial charge in [-0.05, 0) is 41.1 Å². The van der Waals surface area contributed by atoms with E-state index >= 15 is 0 Å². The molecular formula is C29H34N4O8S. The number of aliphatic hydroxyl groups is 3. The van der Waals surface area contributed by atoms with Crippen molar-refractivity contribution < 1.29 is 37.6 Å². The Kier molecular flexibility index (Phi) is 9.57. The lowest BCUT2D eigenvalue weighted by atomic mass is 10.0. The molecule has 0 saturated carbocycles. The van der Waals surface area contributed by atoms with Gasteiger partial charge in [0.2, 0.25) is 0 Å². The number of rotatable bonds is 10. The molecule has 1 aromatic heterocycles. The van der Waals surface area contributed by atoms with Gasteiger partial charge in [0.1, 0.15) is 35.9 Å². The van der Waals surface area contributed by atoms with Crippen LogP contribution in [0.15, 0.2) is 57.9 Å². The molecule has 5 rings (SSSR count). The number of aliphatic hydroxyl groups excluding tert-OH is 3. The number of anilines is 1. The van der Waals surface area contributed by atoms with E-state index in [9.17, 15) is 29.0 Å². The number of nitrogens with zero attached hydrogens (tertiary/aromatic N) is 2. The quantitative estimate of drug-likeness (QED) is 0.211. The second-order valence-electron chi connectivity index (χ2n) is 10.3. The van der Waals surface area contributed by atoms with E-state index in [1.165, 1.54) is 0 Å². The van der Waals surface area contributed by atoms with E-state index in [2.05, 4.69) is 21.0 Å². The summed E-state index contributed by atoms with van der Waals surface area (Å²) in [5.74, 6) is 0.670. The first-order chi connectivity index (χ1) is 20.2. The third-order valence-corrected chi connectivity index (χ3v) is 8.70. The Labute approximate surface area is 243 Å². The van der Waals surface area contributed by atoms with Crippen LogP contribution in [-0.2, 0) is 19.5 Å². The number of benzene rings is 2. The average Bonchev–Trinajstić information content (AvgIpc) is 3.47. The summed E-state index contributed by atoms with van der Waals surface area (Å²) in [4.78, 5) is 1.78. The Morgan fingerprint density at radius 1 is 1.05 bits per heavy atom. The number of nitriles is 1. The van der Waals surface area contributed by atoms with Crippen LogP contribution in [0.3, 0.4) is 0 Å². The van der Waals surface area contributed by atoms with Crippen molar-refractivity contribution >= 4 is 32.6 Å². The van der Waals surface area contributed by atoms with E-state index in [0.29, 0.717) is 5.76 Å². The van der Waals surface area contributed by atoms with Gasteiger partial charge in [-0.25, -0.2) is 13.1 Å². The zero-order valence-corrected chi connectivity index (χ0v) is 23.7. The van der Waals surface area contributed by atoms with Crippen LogP contribution in [0.25, 0.3) is 28.2 Å². The molecule has 4 atom stereocenters. The minimum atomic E-state index is -4.29. The lowest BCUT2D eigenvalue weighted by molar-refractivity contribution is -0.184. The molecule has 0 unspecified atom stereocenters. The summed E-state index contributed by atoms with van der Waals surface area (Å²) in [5.41, 5.74) is 1.82. The Morgan fingerprint density at radius 2 is 1.81 bits per heavy atom. The van der Waals surface area contributed by atoms with E-state index in [4.69, 9.17) is 13.9 Å². The van der Waals surface area contributed by atoms with Gasteiger partial charge >= 0.3 is 0 Å². The number of morpholine rings is 1. The van der Waals surface area contributed by atoms with Crippen LogP contribution in [0.2, 0.25) is 0 Å². The van der Waals surface area contributed by atoms with Crippen LogP contribution in [0, 0.1) is 11.3 Å². The molecule has 0 radical (unpaired) electrons. The SMILES string of the molecule is N#C/C(=C\c1ccc(-c2ccc3cc(NCCN4CCOCC4)ccc3c2)o1)S(=O)(=O)NC[C@H]1OC[C@H](O)[C@@H](O)[C@@H]1O. The second kappa shape index (κ2) is 13.3. The highest BCUT2D eigenvalue weighted by molar-refractivity contribution is 7.93. The summed E-state index contributed by atoms with van der Waals surface area (Å²) in [6, 6.07) is 16.9. The van der Waals surface area contributed by atoms with Crippen LogP contribution in [0.5, 0.6) is 0 Å². The molecule has 0 bridgehead atoms. The van der Waals surface area contributed by atoms with Crippen LogP contribution in [0.1, 0.15) is 5.76 Å². The standard InChI is InChI=1S/C29H34N4O8S/c30-16-24(42(37,38)32-17-27-29(36)28(35)25(34)18-40-27)15-23-5-6-26(41-23)21-2-1-20-14-22(4-3-19(20)13-21)31-7-8-33-9-11-39-12-10-33/h1-6,13-15,25,27-29,31-32,34-36H,7-12,17-18H2/b24-15+/t25-,27+,28+,29+/m0/s1. The Bertz CT molecular complexity index is 1560. The molecule has 2 aromatic carbocycles. The summed E-state index contributed by atoms with van der Waals surface area (Å²) in [7, 11) is -4.29. The third-order valence-electron chi connectivity index (χ3n) is 7.37. The fraction of sp³-hybridized carbons (Fsp3) is 0.414. The van der Waals surface area contributed by atoms with Gasteiger partial charge in [0.15, 0.2) is 4.91 Å². The van der Waals surface area contributed by atoms with Crippen molar-refractivity contribution in [2.75, 3.05) is 57.9 Å². The Balaban J connectivity index is 1.22. The van der Waals surface area contributed by atoms with E-state index in [1.54, 1.807) is 18.2 Å². The summed E-state index contributed by atoms with van der Waals surface area (Å²) in [6.07, 6.45) is -4.23. The molecule has 12 nitrogen and oxygen atoms in total. The molecule has 3 aromatic rings. The van der Waals surface area contributed by atoms with Gasteiger partial charge in [-0.15, -0.1) is 0 Å². The minimum absolute atomic E-state index is 0.166. The van der Waals surface area contributed by atoms with Gasteiger partial charge in [0.25, 0.3) is 10.0 Å². The number of sulfonamides is 1. The topological polar surface area (TPSA) is 178 Å². The van der Waals surface area contributed by atoms with Gasteiger partial charge < -0.3 is 34.5 Å². The molecule has 0 spiro atoms. The molecule has 0 amide bonds. The highest BCUT2D eigenvalue weighted by atomic mass is 32.2. The van der Waals surface area contributed by atoms with Crippen LogP contribution in [0.4, 0.5) is 5.69 Å². The molecule has 2 saturated heterocycles. The summed E-state index contributed by atoms with van der Waals surface area (Å²) < 4.78 is 44.2. The summed E-state index contributed by atoms with van der Waals surface area (Å²) >= 11 is 0. The number of allylic oxidation sites excluding steroid dienone is 1. The molecule has 5 N–H and O–H groups in total. The summed E-state index contributed by atoms with van der Waals surface area (Å²) in [6.45, 7) is 4.60. The van der Waals surface area contributed by atoms with Crippen molar-refractivity contribution in [1.29, 1.82) is 5.26 Å². The predicted molar refractivity (Wildman–Crippen MR) is 156 cm³/mol. The molecule has 2 aliphatic rings. The van der Waals surface area contributed by atoms with Gasteiger partial charge in [0.05, 0.1) is 25.9 Å². The number of nitrogens with one attached hydrogen (secondary N) is 2. The Hall–Kier alpha value is -3.32. The first-order valence-corrected chi connectivity index (χ1v) is 15.2. The van der Waals surface area contributed by atoms with Gasteiger partial charge in [0, 0.05) is 50.1 Å². The third kappa shape index (κ3) is 7.17. The summed E-state index contributed by atoms with van der Waals surface area (Å²) in [5, 5.41) is 44.4. The van der Waals surface area contributed by atoms with E-state index in [-0.39, 0.29) is 12.4 Å². The normalized spacial score (nSPS) is 24.0. The molecule has 0 aliphatic carbocycles. The van der Waals surface area contributed by atoms with Crippen LogP contribution in [-0.4, -0.2) is 106 Å². The number of furan rings is 1. The van der Waals surface area contributed by atoms with Gasteiger partial charge in [-0.3, -0.25) is 4.90 Å². The van der Waals surface area contributed by atoms with Crippen molar-refractivity contribution in [3.05, 3.63) is 59.2 Å². The lowest BCUT2D eigenvalue weighted by Crippen LogP contribution is -2.56.